The van der Waals surface area contributed by atoms with Crippen molar-refractivity contribution in [1.29, 1.82) is 0 Å². The smallest absolute Gasteiger partial charge is 0.381 e. The van der Waals surface area contributed by atoms with Crippen molar-refractivity contribution in [3.05, 3.63) is 0 Å². The number of hydrogen-bond donors (Lipinski definition) is 1. The van der Waals surface area contributed by atoms with E-state index >= 15 is 0 Å². The highest BCUT2D eigenvalue weighted by atomic mass is 16.4. The fourth-order valence-corrected chi connectivity index (χ4v) is 1.66. The summed E-state index contributed by atoms with van der Waals surface area (Å²) in [4.78, 5) is 10.2. The molecule has 2 nitrogen and oxygen atoms in total. The van der Waals surface area contributed by atoms with E-state index in [1.165, 1.54) is 19.3 Å². The monoisotopic (exact) mass is 166 g/mol. The van der Waals surface area contributed by atoms with Crippen LogP contribution in [0.5, 0.6) is 0 Å². The van der Waals surface area contributed by atoms with Gasteiger partial charge in [0.2, 0.25) is 0 Å². The lowest BCUT2D eigenvalue weighted by atomic mass is 9.76. The fourth-order valence-electron chi connectivity index (χ4n) is 1.66. The Morgan fingerprint density at radius 2 is 1.92 bits per heavy atom. The molecule has 1 rings (SSSR count). The number of rotatable bonds is 0. The van der Waals surface area contributed by atoms with Crippen LogP contribution in [0.15, 0.2) is 0 Å². The van der Waals surface area contributed by atoms with Crippen molar-refractivity contribution >= 4 is 5.97 Å². The summed E-state index contributed by atoms with van der Waals surface area (Å²) in [5, 5.41) is 8.38. The molecule has 1 fully saturated rings. The Labute approximate surface area is 73.0 Å². The summed E-state index contributed by atoms with van der Waals surface area (Å²) in [6, 6.07) is 0. The molecule has 1 N–H and O–H groups in total. The zero-order chi connectivity index (χ0) is 9.03. The second-order valence-electron chi connectivity index (χ2n) is 3.68. The molecule has 1 saturated carbocycles. The molecule has 0 radical (unpaired) electrons. The second-order valence-corrected chi connectivity index (χ2v) is 3.68. The first-order valence-corrected chi connectivity index (χ1v) is 4.38. The molecule has 0 saturated heterocycles. The van der Waals surface area contributed by atoms with Gasteiger partial charge in [-0.05, 0) is 19.8 Å². The van der Waals surface area contributed by atoms with Gasteiger partial charge < -0.3 is 5.11 Å². The van der Waals surface area contributed by atoms with Crippen molar-refractivity contribution in [3.63, 3.8) is 0 Å². The molecule has 0 heterocycles. The largest absolute Gasteiger partial charge is 0.472 e. The standard InChI is InChI=1S/C10H14O2/c1-10(8-5-9(11)12)6-3-2-4-7-10/h2-4,6-7H2,1H3,(H,11,12). The highest BCUT2D eigenvalue weighted by molar-refractivity contribution is 5.86. The molecule has 0 bridgehead atoms. The van der Waals surface area contributed by atoms with E-state index < -0.39 is 5.97 Å². The Morgan fingerprint density at radius 1 is 1.33 bits per heavy atom. The van der Waals surface area contributed by atoms with Crippen molar-refractivity contribution in [3.8, 4) is 11.8 Å². The van der Waals surface area contributed by atoms with Gasteiger partial charge in [0.05, 0.1) is 0 Å². The van der Waals surface area contributed by atoms with E-state index in [1.807, 2.05) is 0 Å². The van der Waals surface area contributed by atoms with Crippen LogP contribution in [-0.4, -0.2) is 11.1 Å². The lowest BCUT2D eigenvalue weighted by Crippen LogP contribution is -2.17. The van der Waals surface area contributed by atoms with Gasteiger partial charge in [0.25, 0.3) is 0 Å². The van der Waals surface area contributed by atoms with Gasteiger partial charge >= 0.3 is 5.97 Å². The van der Waals surface area contributed by atoms with Crippen LogP contribution in [0, 0.1) is 17.3 Å². The van der Waals surface area contributed by atoms with Crippen LogP contribution in [0.3, 0.4) is 0 Å². The number of hydrogen-bond acceptors (Lipinski definition) is 1. The Balaban J connectivity index is 2.59. The minimum Gasteiger partial charge on any atom is -0.472 e. The Bertz CT molecular complexity index is 226. The molecule has 0 aromatic heterocycles. The van der Waals surface area contributed by atoms with Crippen LogP contribution < -0.4 is 0 Å². The van der Waals surface area contributed by atoms with E-state index in [9.17, 15) is 4.79 Å². The third-order valence-corrected chi connectivity index (χ3v) is 2.43. The molecule has 0 aromatic carbocycles. The van der Waals surface area contributed by atoms with E-state index in [1.54, 1.807) is 0 Å². The summed E-state index contributed by atoms with van der Waals surface area (Å²) in [5.74, 6) is 4.06. The molecule has 66 valence electrons. The van der Waals surface area contributed by atoms with Gasteiger partial charge in [-0.1, -0.05) is 25.2 Å². The lowest BCUT2D eigenvalue weighted by Gasteiger charge is -2.27. The Kier molecular flexibility index (Phi) is 2.75. The number of aliphatic carboxylic acids is 1. The minimum atomic E-state index is -1.01. The maximum Gasteiger partial charge on any atom is 0.381 e. The van der Waals surface area contributed by atoms with Crippen LogP contribution in [-0.2, 0) is 4.79 Å². The van der Waals surface area contributed by atoms with E-state index in [0.29, 0.717) is 0 Å². The van der Waals surface area contributed by atoms with Crippen molar-refractivity contribution in [2.45, 2.75) is 39.0 Å². The van der Waals surface area contributed by atoms with E-state index in [2.05, 4.69) is 18.8 Å². The van der Waals surface area contributed by atoms with Crippen molar-refractivity contribution in [1.82, 2.24) is 0 Å². The molecule has 12 heavy (non-hydrogen) atoms. The van der Waals surface area contributed by atoms with Gasteiger partial charge in [-0.15, -0.1) is 0 Å². The number of carboxylic acids is 1. The van der Waals surface area contributed by atoms with Crippen LogP contribution in [0.1, 0.15) is 39.0 Å². The topological polar surface area (TPSA) is 37.3 Å². The van der Waals surface area contributed by atoms with Crippen LogP contribution >= 0.6 is 0 Å². The molecule has 0 atom stereocenters. The second kappa shape index (κ2) is 3.62. The molecule has 2 heteroatoms. The van der Waals surface area contributed by atoms with E-state index in [0.717, 1.165) is 12.8 Å². The molecule has 0 amide bonds. The van der Waals surface area contributed by atoms with Gasteiger partial charge in [-0.2, -0.15) is 0 Å². The van der Waals surface area contributed by atoms with Gasteiger partial charge in [0.15, 0.2) is 0 Å². The first kappa shape index (κ1) is 9.12. The summed E-state index contributed by atoms with van der Waals surface area (Å²) in [7, 11) is 0. The third kappa shape index (κ3) is 2.58. The maximum absolute atomic E-state index is 10.2. The molecule has 0 spiro atoms. The predicted molar refractivity (Wildman–Crippen MR) is 46.6 cm³/mol. The quantitative estimate of drug-likeness (QED) is 0.559. The van der Waals surface area contributed by atoms with E-state index in [4.69, 9.17) is 5.11 Å². The Morgan fingerprint density at radius 3 is 2.42 bits per heavy atom. The zero-order valence-electron chi connectivity index (χ0n) is 7.39. The molecule has 0 aliphatic heterocycles. The van der Waals surface area contributed by atoms with Crippen LogP contribution in [0.25, 0.3) is 0 Å². The van der Waals surface area contributed by atoms with Gasteiger partial charge in [0.1, 0.15) is 0 Å². The molecule has 1 aliphatic rings. The number of carboxylic acid groups (broad SMARTS) is 1. The lowest BCUT2D eigenvalue weighted by molar-refractivity contribution is -0.130. The summed E-state index contributed by atoms with van der Waals surface area (Å²) in [6.07, 6.45) is 5.74. The van der Waals surface area contributed by atoms with Crippen LogP contribution in [0.4, 0.5) is 0 Å². The normalized spacial score (nSPS) is 20.8. The summed E-state index contributed by atoms with van der Waals surface area (Å²) < 4.78 is 0. The zero-order valence-corrected chi connectivity index (χ0v) is 7.39. The summed E-state index contributed by atoms with van der Waals surface area (Å²) >= 11 is 0. The predicted octanol–water partition coefficient (Wildman–Crippen LogP) is 2.04. The molecular weight excluding hydrogens is 152 g/mol. The first-order valence-electron chi connectivity index (χ1n) is 4.38. The maximum atomic E-state index is 10.2. The first-order chi connectivity index (χ1) is 5.62. The fraction of sp³-hybridized carbons (Fsp3) is 0.700. The molecule has 0 unspecified atom stereocenters. The third-order valence-electron chi connectivity index (χ3n) is 2.43. The van der Waals surface area contributed by atoms with E-state index in [-0.39, 0.29) is 5.41 Å². The average molecular weight is 166 g/mol. The van der Waals surface area contributed by atoms with Crippen LogP contribution in [0.2, 0.25) is 0 Å². The number of carbonyl (C=O) groups is 1. The summed E-state index contributed by atoms with van der Waals surface area (Å²) in [6.45, 7) is 2.06. The highest BCUT2D eigenvalue weighted by Gasteiger charge is 2.24. The Hall–Kier alpha value is -0.970. The van der Waals surface area contributed by atoms with Gasteiger partial charge in [-0.3, -0.25) is 0 Å². The van der Waals surface area contributed by atoms with Crippen molar-refractivity contribution in [2.24, 2.45) is 5.41 Å². The average Bonchev–Trinajstić information content (AvgIpc) is 2.03. The van der Waals surface area contributed by atoms with Gasteiger partial charge in [0, 0.05) is 11.3 Å². The molecular formula is C10H14O2. The van der Waals surface area contributed by atoms with Crippen molar-refractivity contribution in [2.75, 3.05) is 0 Å². The SMILES string of the molecule is CC1(C#CC(=O)O)CCCCC1. The minimum absolute atomic E-state index is 0.0311. The van der Waals surface area contributed by atoms with Gasteiger partial charge in [-0.25, -0.2) is 4.79 Å². The van der Waals surface area contributed by atoms with Crippen molar-refractivity contribution < 1.29 is 9.90 Å². The molecule has 0 aromatic rings. The highest BCUT2D eigenvalue weighted by Crippen LogP contribution is 2.34. The molecule has 1 aliphatic carbocycles. The summed E-state index contributed by atoms with van der Waals surface area (Å²) in [5.41, 5.74) is -0.0311.